The zero-order valence-electron chi connectivity index (χ0n) is 10.6. The number of nitrogens with zero attached hydrogens (tertiary/aromatic N) is 1. The minimum Gasteiger partial charge on any atom is -0.293 e. The van der Waals surface area contributed by atoms with Crippen LogP contribution in [-0.2, 0) is 13.0 Å². The van der Waals surface area contributed by atoms with Crippen LogP contribution in [0.25, 0.3) is 0 Å². The lowest BCUT2D eigenvalue weighted by atomic mass is 10.1. The highest BCUT2D eigenvalue weighted by Gasteiger charge is 1.90. The van der Waals surface area contributed by atoms with E-state index < -0.39 is 0 Å². The van der Waals surface area contributed by atoms with Crippen molar-refractivity contribution < 1.29 is 0 Å². The Labute approximate surface area is 109 Å². The summed E-state index contributed by atoms with van der Waals surface area (Å²) in [7, 11) is 0. The topological polar surface area (TPSA) is 12.4 Å². The summed E-state index contributed by atoms with van der Waals surface area (Å²) in [4.78, 5) is 4.45. The summed E-state index contributed by atoms with van der Waals surface area (Å²) in [6.07, 6.45) is 5.41. The molecule has 0 aliphatic rings. The molecule has 0 bridgehead atoms. The summed E-state index contributed by atoms with van der Waals surface area (Å²) in [5.41, 5.74) is 2.69. The van der Waals surface area contributed by atoms with Crippen molar-refractivity contribution in [1.29, 1.82) is 0 Å². The van der Waals surface area contributed by atoms with E-state index in [-0.39, 0.29) is 0 Å². The first-order chi connectivity index (χ1) is 8.95. The molecule has 0 fully saturated rings. The number of aliphatic imine (C=N–C) groups is 1. The van der Waals surface area contributed by atoms with Crippen LogP contribution in [0.2, 0.25) is 0 Å². The Morgan fingerprint density at radius 3 is 2.06 bits per heavy atom. The van der Waals surface area contributed by atoms with E-state index in [4.69, 9.17) is 0 Å². The van der Waals surface area contributed by atoms with Crippen LogP contribution < -0.4 is 0 Å². The zero-order chi connectivity index (χ0) is 12.5. The molecule has 18 heavy (non-hydrogen) atoms. The first-order valence-electron chi connectivity index (χ1n) is 6.51. The monoisotopic (exact) mass is 237 g/mol. The van der Waals surface area contributed by atoms with Crippen LogP contribution in [0.3, 0.4) is 0 Å². The molecule has 0 aliphatic carbocycles. The smallest absolute Gasteiger partial charge is 0.0635 e. The third-order valence-corrected chi connectivity index (χ3v) is 2.89. The van der Waals surface area contributed by atoms with Crippen molar-refractivity contribution >= 4 is 6.21 Å². The van der Waals surface area contributed by atoms with E-state index in [0.717, 1.165) is 19.4 Å². The van der Waals surface area contributed by atoms with Gasteiger partial charge in [-0.1, -0.05) is 60.7 Å². The number of hydrogen-bond acceptors (Lipinski definition) is 1. The average molecular weight is 237 g/mol. The molecule has 1 heteroatoms. The van der Waals surface area contributed by atoms with Gasteiger partial charge in [0.05, 0.1) is 6.54 Å². The maximum Gasteiger partial charge on any atom is 0.0635 e. The van der Waals surface area contributed by atoms with Crippen LogP contribution in [0.1, 0.15) is 24.0 Å². The molecule has 0 radical (unpaired) electrons. The molecule has 92 valence electrons. The Hall–Kier alpha value is -1.89. The fourth-order valence-corrected chi connectivity index (χ4v) is 1.89. The third-order valence-electron chi connectivity index (χ3n) is 2.89. The summed E-state index contributed by atoms with van der Waals surface area (Å²) in [5.74, 6) is 0. The SMILES string of the molecule is C(CCCc1ccccc1)=NCc1ccccc1. The minimum absolute atomic E-state index is 0.798. The van der Waals surface area contributed by atoms with Crippen molar-refractivity contribution in [3.05, 3.63) is 71.8 Å². The maximum absolute atomic E-state index is 4.45. The molecule has 2 aromatic rings. The lowest BCUT2D eigenvalue weighted by Crippen LogP contribution is -1.86. The minimum atomic E-state index is 0.798. The van der Waals surface area contributed by atoms with E-state index in [1.165, 1.54) is 17.5 Å². The van der Waals surface area contributed by atoms with Gasteiger partial charge in [0.15, 0.2) is 0 Å². The standard InChI is InChI=1S/C17H19N/c1-3-9-16(10-4-1)11-7-8-14-18-15-17-12-5-2-6-13-17/h1-6,9-10,12-14H,7-8,11,15H2. The highest BCUT2D eigenvalue weighted by molar-refractivity contribution is 5.57. The number of hydrogen-bond donors (Lipinski definition) is 0. The van der Waals surface area contributed by atoms with E-state index >= 15 is 0 Å². The summed E-state index contributed by atoms with van der Waals surface area (Å²) in [6.45, 7) is 0.798. The molecule has 0 spiro atoms. The fraction of sp³-hybridized carbons (Fsp3) is 0.235. The molecular formula is C17H19N. The van der Waals surface area contributed by atoms with Gasteiger partial charge in [-0.25, -0.2) is 0 Å². The molecule has 0 amide bonds. The maximum atomic E-state index is 4.45. The third kappa shape index (κ3) is 4.54. The molecule has 2 rings (SSSR count). The predicted octanol–water partition coefficient (Wildman–Crippen LogP) is 4.28. The summed E-state index contributed by atoms with van der Waals surface area (Å²) in [5, 5.41) is 0. The predicted molar refractivity (Wildman–Crippen MR) is 78.0 cm³/mol. The van der Waals surface area contributed by atoms with Gasteiger partial charge in [-0.05, 0) is 36.6 Å². The van der Waals surface area contributed by atoms with Gasteiger partial charge in [0.25, 0.3) is 0 Å². The Bertz CT molecular complexity index is 459. The van der Waals surface area contributed by atoms with E-state index in [1.54, 1.807) is 0 Å². The number of unbranched alkanes of at least 4 members (excludes halogenated alkanes) is 1. The van der Waals surface area contributed by atoms with Crippen LogP contribution in [-0.4, -0.2) is 6.21 Å². The largest absolute Gasteiger partial charge is 0.293 e. The van der Waals surface area contributed by atoms with Gasteiger partial charge in [-0.15, -0.1) is 0 Å². The fourth-order valence-electron chi connectivity index (χ4n) is 1.89. The van der Waals surface area contributed by atoms with Crippen molar-refractivity contribution in [3.63, 3.8) is 0 Å². The van der Waals surface area contributed by atoms with Gasteiger partial charge in [0.1, 0.15) is 0 Å². The van der Waals surface area contributed by atoms with E-state index in [2.05, 4.69) is 65.8 Å². The van der Waals surface area contributed by atoms with Crippen LogP contribution in [0.4, 0.5) is 0 Å². The molecule has 0 atom stereocenters. The molecule has 2 aromatic carbocycles. The highest BCUT2D eigenvalue weighted by Crippen LogP contribution is 2.04. The van der Waals surface area contributed by atoms with Gasteiger partial charge in [-0.2, -0.15) is 0 Å². The summed E-state index contributed by atoms with van der Waals surface area (Å²) >= 11 is 0. The zero-order valence-corrected chi connectivity index (χ0v) is 10.6. The molecule has 0 unspecified atom stereocenters. The molecule has 0 N–H and O–H groups in total. The Balaban J connectivity index is 1.64. The van der Waals surface area contributed by atoms with Crippen molar-refractivity contribution in [1.82, 2.24) is 0 Å². The lowest BCUT2D eigenvalue weighted by Gasteiger charge is -1.98. The normalized spacial score (nSPS) is 10.9. The molecular weight excluding hydrogens is 218 g/mol. The lowest BCUT2D eigenvalue weighted by molar-refractivity contribution is 0.869. The van der Waals surface area contributed by atoms with Crippen LogP contribution in [0, 0.1) is 0 Å². The van der Waals surface area contributed by atoms with Gasteiger partial charge in [0.2, 0.25) is 0 Å². The number of rotatable bonds is 6. The van der Waals surface area contributed by atoms with Gasteiger partial charge in [-0.3, -0.25) is 4.99 Å². The first kappa shape index (κ1) is 12.6. The van der Waals surface area contributed by atoms with E-state index in [1.807, 2.05) is 6.07 Å². The van der Waals surface area contributed by atoms with Crippen molar-refractivity contribution in [2.75, 3.05) is 0 Å². The van der Waals surface area contributed by atoms with Crippen molar-refractivity contribution in [2.45, 2.75) is 25.8 Å². The van der Waals surface area contributed by atoms with E-state index in [9.17, 15) is 0 Å². The molecule has 0 saturated carbocycles. The quantitative estimate of drug-likeness (QED) is 0.525. The Morgan fingerprint density at radius 2 is 1.39 bits per heavy atom. The molecule has 0 saturated heterocycles. The molecule has 1 nitrogen and oxygen atoms in total. The van der Waals surface area contributed by atoms with Crippen LogP contribution in [0.5, 0.6) is 0 Å². The van der Waals surface area contributed by atoms with Gasteiger partial charge >= 0.3 is 0 Å². The van der Waals surface area contributed by atoms with Crippen LogP contribution in [0.15, 0.2) is 65.7 Å². The van der Waals surface area contributed by atoms with E-state index in [0.29, 0.717) is 0 Å². The Kier molecular flexibility index (Phi) is 5.19. The first-order valence-corrected chi connectivity index (χ1v) is 6.51. The average Bonchev–Trinajstić information content (AvgIpc) is 2.45. The molecule has 0 heterocycles. The highest BCUT2D eigenvalue weighted by atomic mass is 14.7. The van der Waals surface area contributed by atoms with Crippen molar-refractivity contribution in [2.24, 2.45) is 4.99 Å². The summed E-state index contributed by atoms with van der Waals surface area (Å²) in [6, 6.07) is 21.0. The second kappa shape index (κ2) is 7.44. The van der Waals surface area contributed by atoms with Crippen molar-refractivity contribution in [3.8, 4) is 0 Å². The number of aryl methyl sites for hydroxylation is 1. The second-order valence-electron chi connectivity index (χ2n) is 4.39. The Morgan fingerprint density at radius 1 is 0.778 bits per heavy atom. The van der Waals surface area contributed by atoms with Gasteiger partial charge in [0, 0.05) is 0 Å². The van der Waals surface area contributed by atoms with Gasteiger partial charge < -0.3 is 0 Å². The molecule has 0 aromatic heterocycles. The number of benzene rings is 2. The molecule has 0 aliphatic heterocycles. The summed E-state index contributed by atoms with van der Waals surface area (Å²) < 4.78 is 0. The second-order valence-corrected chi connectivity index (χ2v) is 4.39. The van der Waals surface area contributed by atoms with Crippen LogP contribution >= 0.6 is 0 Å².